The Morgan fingerprint density at radius 1 is 1.14 bits per heavy atom. The standard InChI is InChI=1S/C18H25ClN2/c1-2-13-7-9-14(10-8-13)11-20-12-17-18(19)15-5-3-4-6-16(15)21-17/h3-6,13-14,20-21H,2,7-12H2,1H3. The Labute approximate surface area is 132 Å². The number of hydrogen-bond donors (Lipinski definition) is 2. The molecule has 114 valence electrons. The molecule has 3 heteroatoms. The molecule has 0 atom stereocenters. The molecule has 2 nitrogen and oxygen atoms in total. The van der Waals surface area contributed by atoms with Gasteiger partial charge in [0.05, 0.1) is 5.02 Å². The number of nitrogens with one attached hydrogen (secondary N) is 2. The number of benzene rings is 1. The van der Waals surface area contributed by atoms with Crippen molar-refractivity contribution in [2.24, 2.45) is 11.8 Å². The Balaban J connectivity index is 1.52. The Morgan fingerprint density at radius 2 is 1.86 bits per heavy atom. The maximum Gasteiger partial charge on any atom is 0.0705 e. The van der Waals surface area contributed by atoms with Crippen LogP contribution in [-0.2, 0) is 6.54 Å². The highest BCUT2D eigenvalue weighted by atomic mass is 35.5. The van der Waals surface area contributed by atoms with E-state index < -0.39 is 0 Å². The smallest absolute Gasteiger partial charge is 0.0705 e. The first-order valence-corrected chi connectivity index (χ1v) is 8.61. The molecule has 3 rings (SSSR count). The second kappa shape index (κ2) is 6.85. The van der Waals surface area contributed by atoms with Crippen LogP contribution in [-0.4, -0.2) is 11.5 Å². The van der Waals surface area contributed by atoms with Gasteiger partial charge in [-0.05, 0) is 37.3 Å². The first-order valence-electron chi connectivity index (χ1n) is 8.23. The predicted molar refractivity (Wildman–Crippen MR) is 90.8 cm³/mol. The topological polar surface area (TPSA) is 27.8 Å². The van der Waals surface area contributed by atoms with Crippen LogP contribution in [0.25, 0.3) is 10.9 Å². The van der Waals surface area contributed by atoms with E-state index in [4.69, 9.17) is 11.6 Å². The van der Waals surface area contributed by atoms with Crippen molar-refractivity contribution in [3.8, 4) is 0 Å². The molecule has 21 heavy (non-hydrogen) atoms. The molecule has 1 aliphatic carbocycles. The fourth-order valence-electron chi connectivity index (χ4n) is 3.53. The molecule has 0 saturated heterocycles. The number of rotatable bonds is 5. The Bertz CT molecular complexity index is 582. The molecule has 0 aliphatic heterocycles. The average Bonchev–Trinajstić information content (AvgIpc) is 2.85. The number of aromatic amines is 1. The summed E-state index contributed by atoms with van der Waals surface area (Å²) in [5.41, 5.74) is 2.24. The van der Waals surface area contributed by atoms with Crippen molar-refractivity contribution < 1.29 is 0 Å². The monoisotopic (exact) mass is 304 g/mol. The first kappa shape index (κ1) is 14.9. The zero-order valence-corrected chi connectivity index (χ0v) is 13.5. The summed E-state index contributed by atoms with van der Waals surface area (Å²) in [7, 11) is 0. The van der Waals surface area contributed by atoms with Gasteiger partial charge in [0.15, 0.2) is 0 Å². The maximum absolute atomic E-state index is 6.45. The van der Waals surface area contributed by atoms with Gasteiger partial charge in [-0.25, -0.2) is 0 Å². The molecular weight excluding hydrogens is 280 g/mol. The highest BCUT2D eigenvalue weighted by Gasteiger charge is 2.19. The molecule has 1 fully saturated rings. The minimum absolute atomic E-state index is 0.835. The van der Waals surface area contributed by atoms with Crippen molar-refractivity contribution in [3.63, 3.8) is 0 Å². The molecule has 1 aromatic heterocycles. The summed E-state index contributed by atoms with van der Waals surface area (Å²) in [5.74, 6) is 1.82. The van der Waals surface area contributed by atoms with Crippen LogP contribution in [0.3, 0.4) is 0 Å². The zero-order valence-electron chi connectivity index (χ0n) is 12.8. The summed E-state index contributed by atoms with van der Waals surface area (Å²) < 4.78 is 0. The van der Waals surface area contributed by atoms with Crippen LogP contribution in [0.2, 0.25) is 5.02 Å². The third kappa shape index (κ3) is 3.44. The minimum Gasteiger partial charge on any atom is -0.356 e. The van der Waals surface area contributed by atoms with Gasteiger partial charge in [-0.2, -0.15) is 0 Å². The van der Waals surface area contributed by atoms with Gasteiger partial charge in [-0.15, -0.1) is 0 Å². The van der Waals surface area contributed by atoms with Gasteiger partial charge in [0.25, 0.3) is 0 Å². The number of hydrogen-bond acceptors (Lipinski definition) is 1. The van der Waals surface area contributed by atoms with Crippen molar-refractivity contribution in [2.75, 3.05) is 6.54 Å². The summed E-state index contributed by atoms with van der Waals surface area (Å²) in [4.78, 5) is 3.42. The van der Waals surface area contributed by atoms with Gasteiger partial charge >= 0.3 is 0 Å². The van der Waals surface area contributed by atoms with Crippen molar-refractivity contribution in [1.82, 2.24) is 10.3 Å². The Kier molecular flexibility index (Phi) is 4.87. The number of para-hydroxylation sites is 1. The quantitative estimate of drug-likeness (QED) is 0.787. The van der Waals surface area contributed by atoms with Gasteiger partial charge in [0.2, 0.25) is 0 Å². The van der Waals surface area contributed by atoms with Crippen LogP contribution in [0.1, 0.15) is 44.7 Å². The molecule has 2 N–H and O–H groups in total. The molecule has 0 radical (unpaired) electrons. The average molecular weight is 305 g/mol. The number of halogens is 1. The molecule has 1 saturated carbocycles. The van der Waals surface area contributed by atoms with E-state index in [1.165, 1.54) is 32.1 Å². The lowest BCUT2D eigenvalue weighted by atomic mass is 9.81. The van der Waals surface area contributed by atoms with E-state index in [1.807, 2.05) is 12.1 Å². The van der Waals surface area contributed by atoms with Crippen LogP contribution < -0.4 is 5.32 Å². The van der Waals surface area contributed by atoms with Crippen LogP contribution in [0.4, 0.5) is 0 Å². The maximum atomic E-state index is 6.45. The summed E-state index contributed by atoms with van der Waals surface area (Å²) in [6.45, 7) is 4.27. The lowest BCUT2D eigenvalue weighted by Crippen LogP contribution is -2.26. The highest BCUT2D eigenvalue weighted by molar-refractivity contribution is 6.36. The van der Waals surface area contributed by atoms with Crippen molar-refractivity contribution in [2.45, 2.75) is 45.6 Å². The van der Waals surface area contributed by atoms with E-state index >= 15 is 0 Å². The molecule has 0 amide bonds. The van der Waals surface area contributed by atoms with Gasteiger partial charge < -0.3 is 10.3 Å². The van der Waals surface area contributed by atoms with E-state index in [1.54, 1.807) is 0 Å². The molecular formula is C18H25ClN2. The summed E-state index contributed by atoms with van der Waals surface area (Å²) in [6.07, 6.45) is 6.94. The summed E-state index contributed by atoms with van der Waals surface area (Å²) in [6, 6.07) is 8.23. The third-order valence-electron chi connectivity index (χ3n) is 4.99. The number of H-pyrrole nitrogens is 1. The lowest BCUT2D eigenvalue weighted by Gasteiger charge is -2.27. The Hall–Kier alpha value is -0.990. The second-order valence-corrected chi connectivity index (χ2v) is 6.77. The molecule has 1 aliphatic rings. The minimum atomic E-state index is 0.835. The van der Waals surface area contributed by atoms with Gasteiger partial charge in [0.1, 0.15) is 0 Å². The fraction of sp³-hybridized carbons (Fsp3) is 0.556. The van der Waals surface area contributed by atoms with E-state index in [0.717, 1.165) is 46.5 Å². The highest BCUT2D eigenvalue weighted by Crippen LogP contribution is 2.30. The van der Waals surface area contributed by atoms with Crippen molar-refractivity contribution in [1.29, 1.82) is 0 Å². The zero-order chi connectivity index (χ0) is 14.7. The number of aromatic nitrogens is 1. The van der Waals surface area contributed by atoms with E-state index in [0.29, 0.717) is 0 Å². The molecule has 1 heterocycles. The van der Waals surface area contributed by atoms with E-state index in [2.05, 4.69) is 29.4 Å². The second-order valence-electron chi connectivity index (χ2n) is 6.39. The number of fused-ring (bicyclic) bond motifs is 1. The Morgan fingerprint density at radius 3 is 2.57 bits per heavy atom. The van der Waals surface area contributed by atoms with Gasteiger partial charge in [0, 0.05) is 23.1 Å². The van der Waals surface area contributed by atoms with E-state index in [-0.39, 0.29) is 0 Å². The molecule has 0 bridgehead atoms. The van der Waals surface area contributed by atoms with Crippen LogP contribution in [0.15, 0.2) is 24.3 Å². The summed E-state index contributed by atoms with van der Waals surface area (Å²) in [5, 5.41) is 5.58. The van der Waals surface area contributed by atoms with Crippen molar-refractivity contribution in [3.05, 3.63) is 35.0 Å². The van der Waals surface area contributed by atoms with Gasteiger partial charge in [-0.3, -0.25) is 0 Å². The van der Waals surface area contributed by atoms with Gasteiger partial charge in [-0.1, -0.05) is 56.0 Å². The van der Waals surface area contributed by atoms with E-state index in [9.17, 15) is 0 Å². The molecule has 1 aromatic carbocycles. The van der Waals surface area contributed by atoms with Crippen LogP contribution in [0, 0.1) is 11.8 Å². The predicted octanol–water partition coefficient (Wildman–Crippen LogP) is 5.13. The summed E-state index contributed by atoms with van der Waals surface area (Å²) >= 11 is 6.45. The largest absolute Gasteiger partial charge is 0.356 e. The van der Waals surface area contributed by atoms with Crippen LogP contribution >= 0.6 is 11.6 Å². The third-order valence-corrected chi connectivity index (χ3v) is 5.42. The van der Waals surface area contributed by atoms with Crippen molar-refractivity contribution >= 4 is 22.5 Å². The SMILES string of the molecule is CCC1CCC(CNCc2[nH]c3ccccc3c2Cl)CC1. The molecule has 0 unspecified atom stereocenters. The lowest BCUT2D eigenvalue weighted by molar-refractivity contribution is 0.262. The van der Waals surface area contributed by atoms with Crippen LogP contribution in [0.5, 0.6) is 0 Å². The fourth-order valence-corrected chi connectivity index (χ4v) is 3.81. The first-order chi connectivity index (χ1) is 10.3. The normalized spacial score (nSPS) is 22.8. The molecule has 0 spiro atoms. The molecule has 2 aromatic rings.